The molecule has 0 atom stereocenters. The number of hydrogen-bond donors (Lipinski definition) is 1. The molecule has 3 aromatic rings. The third kappa shape index (κ3) is 2.13. The highest BCUT2D eigenvalue weighted by atomic mass is 15.3. The van der Waals surface area contributed by atoms with Crippen LogP contribution in [-0.2, 0) is 0 Å². The summed E-state index contributed by atoms with van der Waals surface area (Å²) in [6.07, 6.45) is 0. The molecule has 2 aromatic carbocycles. The monoisotopic (exact) mass is 260 g/mol. The third-order valence-corrected chi connectivity index (χ3v) is 3.03. The Labute approximate surface area is 116 Å². The number of anilines is 1. The van der Waals surface area contributed by atoms with Crippen LogP contribution < -0.4 is 5.73 Å². The van der Waals surface area contributed by atoms with Gasteiger partial charge in [-0.15, -0.1) is 0 Å². The van der Waals surface area contributed by atoms with Gasteiger partial charge < -0.3 is 5.73 Å². The first kappa shape index (κ1) is 12.0. The van der Waals surface area contributed by atoms with Gasteiger partial charge in [0.1, 0.15) is 5.82 Å². The van der Waals surface area contributed by atoms with Crippen LogP contribution in [0.3, 0.4) is 0 Å². The molecule has 0 saturated carbocycles. The van der Waals surface area contributed by atoms with Crippen molar-refractivity contribution in [2.24, 2.45) is 0 Å². The number of nitriles is 1. The summed E-state index contributed by atoms with van der Waals surface area (Å²) in [4.78, 5) is 0. The van der Waals surface area contributed by atoms with Gasteiger partial charge in [-0.25, -0.2) is 4.68 Å². The largest absolute Gasteiger partial charge is 0.384 e. The van der Waals surface area contributed by atoms with Crippen molar-refractivity contribution in [2.45, 2.75) is 0 Å². The van der Waals surface area contributed by atoms with Crippen molar-refractivity contribution in [3.8, 4) is 23.0 Å². The second-order valence-electron chi connectivity index (χ2n) is 4.39. The molecule has 96 valence electrons. The first-order valence-electron chi connectivity index (χ1n) is 6.19. The molecule has 1 heterocycles. The van der Waals surface area contributed by atoms with Crippen molar-refractivity contribution in [3.63, 3.8) is 0 Å². The highest BCUT2D eigenvalue weighted by molar-refractivity contribution is 5.63. The van der Waals surface area contributed by atoms with Crippen molar-refractivity contribution < 1.29 is 0 Å². The minimum atomic E-state index is 0.541. The quantitative estimate of drug-likeness (QED) is 0.770. The Bertz CT molecular complexity index is 782. The number of nitrogens with two attached hydrogens (primary N) is 1. The molecule has 20 heavy (non-hydrogen) atoms. The highest BCUT2D eigenvalue weighted by Crippen LogP contribution is 2.22. The van der Waals surface area contributed by atoms with E-state index < -0.39 is 0 Å². The Hall–Kier alpha value is -3.06. The van der Waals surface area contributed by atoms with Crippen LogP contribution in [0.4, 0.5) is 5.82 Å². The van der Waals surface area contributed by atoms with E-state index in [1.54, 1.807) is 16.8 Å². The van der Waals surface area contributed by atoms with E-state index >= 15 is 0 Å². The van der Waals surface area contributed by atoms with Crippen LogP contribution in [0.25, 0.3) is 16.9 Å². The van der Waals surface area contributed by atoms with Gasteiger partial charge in [0, 0.05) is 11.6 Å². The molecule has 3 rings (SSSR count). The summed E-state index contributed by atoms with van der Waals surface area (Å²) in [5, 5.41) is 13.5. The summed E-state index contributed by atoms with van der Waals surface area (Å²) in [5.74, 6) is 0.541. The van der Waals surface area contributed by atoms with Gasteiger partial charge in [0.05, 0.1) is 23.0 Å². The molecule has 0 amide bonds. The van der Waals surface area contributed by atoms with Crippen molar-refractivity contribution in [1.82, 2.24) is 9.78 Å². The fourth-order valence-corrected chi connectivity index (χ4v) is 2.06. The van der Waals surface area contributed by atoms with Crippen LogP contribution in [0.2, 0.25) is 0 Å². The normalized spacial score (nSPS) is 10.2. The zero-order valence-electron chi connectivity index (χ0n) is 10.7. The first-order valence-corrected chi connectivity index (χ1v) is 6.19. The molecule has 0 saturated heterocycles. The predicted octanol–water partition coefficient (Wildman–Crippen LogP) is 2.99. The van der Waals surface area contributed by atoms with Crippen LogP contribution in [0.15, 0.2) is 60.7 Å². The average Bonchev–Trinajstić information content (AvgIpc) is 2.90. The molecule has 0 aliphatic heterocycles. The minimum Gasteiger partial charge on any atom is -0.384 e. The Morgan fingerprint density at radius 1 is 1.00 bits per heavy atom. The van der Waals surface area contributed by atoms with Crippen LogP contribution in [-0.4, -0.2) is 9.78 Å². The summed E-state index contributed by atoms with van der Waals surface area (Å²) in [6.45, 7) is 0. The van der Waals surface area contributed by atoms with E-state index in [-0.39, 0.29) is 0 Å². The van der Waals surface area contributed by atoms with Gasteiger partial charge in [0.2, 0.25) is 0 Å². The van der Waals surface area contributed by atoms with Crippen LogP contribution >= 0.6 is 0 Å². The Morgan fingerprint density at radius 3 is 2.55 bits per heavy atom. The van der Waals surface area contributed by atoms with E-state index in [0.29, 0.717) is 11.4 Å². The number of hydrogen-bond acceptors (Lipinski definition) is 3. The van der Waals surface area contributed by atoms with Gasteiger partial charge >= 0.3 is 0 Å². The predicted molar refractivity (Wildman–Crippen MR) is 78.1 cm³/mol. The topological polar surface area (TPSA) is 67.6 Å². The molecule has 1 aromatic heterocycles. The molecule has 0 fully saturated rings. The lowest BCUT2D eigenvalue weighted by Gasteiger charge is -2.03. The minimum absolute atomic E-state index is 0.541. The van der Waals surface area contributed by atoms with E-state index in [2.05, 4.69) is 11.2 Å². The molecule has 4 nitrogen and oxygen atoms in total. The van der Waals surface area contributed by atoms with E-state index in [9.17, 15) is 0 Å². The fraction of sp³-hybridized carbons (Fsp3) is 0. The average molecular weight is 260 g/mol. The van der Waals surface area contributed by atoms with E-state index in [4.69, 9.17) is 11.0 Å². The fourth-order valence-electron chi connectivity index (χ4n) is 2.06. The molecule has 0 bridgehead atoms. The second kappa shape index (κ2) is 4.90. The molecular formula is C16H12N4. The van der Waals surface area contributed by atoms with Crippen molar-refractivity contribution in [2.75, 3.05) is 5.73 Å². The summed E-state index contributed by atoms with van der Waals surface area (Å²) in [6, 6.07) is 21.0. The molecule has 0 aliphatic carbocycles. The summed E-state index contributed by atoms with van der Waals surface area (Å²) in [5.41, 5.74) is 9.20. The zero-order chi connectivity index (χ0) is 13.9. The maximum Gasteiger partial charge on any atom is 0.127 e. The maximum atomic E-state index is 8.95. The molecule has 2 N–H and O–H groups in total. The zero-order valence-corrected chi connectivity index (χ0v) is 10.7. The summed E-state index contributed by atoms with van der Waals surface area (Å²) >= 11 is 0. The van der Waals surface area contributed by atoms with Gasteiger partial charge in [-0.05, 0) is 18.2 Å². The van der Waals surface area contributed by atoms with Crippen LogP contribution in [0.1, 0.15) is 5.56 Å². The van der Waals surface area contributed by atoms with Crippen molar-refractivity contribution in [1.29, 1.82) is 5.26 Å². The first-order chi connectivity index (χ1) is 9.78. The molecule has 0 radical (unpaired) electrons. The lowest BCUT2D eigenvalue weighted by molar-refractivity contribution is 0.894. The van der Waals surface area contributed by atoms with Gasteiger partial charge in [-0.1, -0.05) is 36.4 Å². The number of nitrogens with zero attached hydrogens (tertiary/aromatic N) is 3. The van der Waals surface area contributed by atoms with Crippen LogP contribution in [0.5, 0.6) is 0 Å². The van der Waals surface area contributed by atoms with Gasteiger partial charge in [0.15, 0.2) is 0 Å². The SMILES string of the molecule is N#Cc1cccc(-n2nc(-c3ccccc3)cc2N)c1. The van der Waals surface area contributed by atoms with Gasteiger partial charge in [-0.2, -0.15) is 10.4 Å². The van der Waals surface area contributed by atoms with Gasteiger partial charge in [0.25, 0.3) is 0 Å². The standard InChI is InChI=1S/C16H12N4/c17-11-12-5-4-8-14(9-12)20-16(18)10-15(19-20)13-6-2-1-3-7-13/h1-10H,18H2. The maximum absolute atomic E-state index is 8.95. The van der Waals surface area contributed by atoms with Crippen molar-refractivity contribution >= 4 is 5.82 Å². The Morgan fingerprint density at radius 2 is 1.80 bits per heavy atom. The molecule has 0 aliphatic rings. The highest BCUT2D eigenvalue weighted by Gasteiger charge is 2.08. The Balaban J connectivity index is 2.08. The molecule has 0 unspecified atom stereocenters. The Kier molecular flexibility index (Phi) is 2.94. The second-order valence-corrected chi connectivity index (χ2v) is 4.39. The smallest absolute Gasteiger partial charge is 0.127 e. The number of aromatic nitrogens is 2. The summed E-state index contributed by atoms with van der Waals surface area (Å²) in [7, 11) is 0. The molecule has 0 spiro atoms. The number of rotatable bonds is 2. The van der Waals surface area contributed by atoms with E-state index in [0.717, 1.165) is 16.9 Å². The van der Waals surface area contributed by atoms with Gasteiger partial charge in [-0.3, -0.25) is 0 Å². The number of nitrogen functional groups attached to an aromatic ring is 1. The van der Waals surface area contributed by atoms with E-state index in [1.807, 2.05) is 48.5 Å². The third-order valence-electron chi connectivity index (χ3n) is 3.03. The lowest BCUT2D eigenvalue weighted by Crippen LogP contribution is -2.01. The molecular weight excluding hydrogens is 248 g/mol. The number of benzene rings is 2. The molecule has 4 heteroatoms. The van der Waals surface area contributed by atoms with E-state index in [1.165, 1.54) is 0 Å². The van der Waals surface area contributed by atoms with Crippen LogP contribution in [0, 0.1) is 11.3 Å². The van der Waals surface area contributed by atoms with Crippen molar-refractivity contribution in [3.05, 3.63) is 66.2 Å². The summed E-state index contributed by atoms with van der Waals surface area (Å²) < 4.78 is 1.64. The lowest BCUT2D eigenvalue weighted by atomic mass is 10.2.